The van der Waals surface area contributed by atoms with Crippen LogP contribution in [0.25, 0.3) is 0 Å². The number of nitrogens with zero attached hydrogens (tertiary/aromatic N) is 6. The summed E-state index contributed by atoms with van der Waals surface area (Å²) in [6.45, 7) is 1.67. The summed E-state index contributed by atoms with van der Waals surface area (Å²) in [5, 5.41) is 29.3. The Labute approximate surface area is 235 Å². The Bertz CT molecular complexity index is 1530. The molecule has 0 aliphatic carbocycles. The zero-order chi connectivity index (χ0) is 29.3. The van der Waals surface area contributed by atoms with Gasteiger partial charge in [0.05, 0.1) is 39.1 Å². The first-order valence-electron chi connectivity index (χ1n) is 12.2. The number of nitro groups is 2. The monoisotopic (exact) mass is 582 g/mol. The van der Waals surface area contributed by atoms with Gasteiger partial charge in [-0.05, 0) is 42.3 Å². The van der Waals surface area contributed by atoms with Gasteiger partial charge in [0.15, 0.2) is 5.69 Å². The van der Waals surface area contributed by atoms with E-state index in [9.17, 15) is 34.6 Å². The number of nitro benzene ring substituents is 2. The Morgan fingerprint density at radius 3 is 2.10 bits per heavy atom. The van der Waals surface area contributed by atoms with Gasteiger partial charge in [-0.2, -0.15) is 0 Å². The van der Waals surface area contributed by atoms with Gasteiger partial charge in [-0.15, -0.1) is 16.9 Å². The molecule has 0 N–H and O–H groups in total. The Morgan fingerprint density at radius 1 is 1.00 bits per heavy atom. The molecule has 1 aromatic heterocycles. The van der Waals surface area contributed by atoms with Gasteiger partial charge in [-0.3, -0.25) is 29.7 Å². The molecule has 3 atom stereocenters. The number of aromatic nitrogens is 3. The van der Waals surface area contributed by atoms with Gasteiger partial charge in [0.2, 0.25) is 5.91 Å². The summed E-state index contributed by atoms with van der Waals surface area (Å²) in [7, 11) is 0. The van der Waals surface area contributed by atoms with Crippen LogP contribution in [0.2, 0.25) is 0 Å². The largest absolute Gasteiger partial charge is 0.459 e. The van der Waals surface area contributed by atoms with Crippen molar-refractivity contribution in [3.05, 3.63) is 91.8 Å². The zero-order valence-electron chi connectivity index (χ0n) is 21.4. The maximum Gasteiger partial charge on any atom is 0.360 e. The smallest absolute Gasteiger partial charge is 0.360 e. The highest BCUT2D eigenvalue weighted by molar-refractivity contribution is 8.01. The van der Waals surface area contributed by atoms with Crippen LogP contribution >= 0.6 is 11.8 Å². The first kappa shape index (κ1) is 27.7. The van der Waals surface area contributed by atoms with E-state index in [2.05, 4.69) is 10.3 Å². The van der Waals surface area contributed by atoms with E-state index in [1.807, 2.05) is 0 Å². The number of thioether (sulfide) groups is 1. The number of non-ortho nitro benzene ring substituents is 2. The lowest BCUT2D eigenvalue weighted by molar-refractivity contribution is -0.385. The second-order valence-corrected chi connectivity index (χ2v) is 11.3. The second-order valence-electron chi connectivity index (χ2n) is 9.63. The molecule has 2 fully saturated rings. The molecule has 3 unspecified atom stereocenters. The lowest BCUT2D eigenvalue weighted by Crippen LogP contribution is -2.58. The van der Waals surface area contributed by atoms with E-state index in [1.165, 1.54) is 76.1 Å². The predicted octanol–water partition coefficient (Wildman–Crippen LogP) is 2.63. The Hall–Kier alpha value is -4.86. The third-order valence-electron chi connectivity index (χ3n) is 6.70. The number of rotatable bonds is 10. The SMILES string of the molecule is CC1(Cn2cc(C(=O)OCc3ccc([N+](=O)[O-])cc3)nn2)SC2CC(=O)N2C1C(=O)OCc1ccc([N+](=O)[O-])cc1. The lowest BCUT2D eigenvalue weighted by Gasteiger charge is -2.37. The number of esters is 2. The molecule has 1 amide bonds. The van der Waals surface area contributed by atoms with Gasteiger partial charge in [-0.1, -0.05) is 5.21 Å². The highest BCUT2D eigenvalue weighted by Gasteiger charge is 2.61. The molecule has 16 heteroatoms. The number of hydrogen-bond acceptors (Lipinski definition) is 12. The molecule has 0 spiro atoms. The van der Waals surface area contributed by atoms with Gasteiger partial charge in [0.25, 0.3) is 11.4 Å². The van der Waals surface area contributed by atoms with E-state index >= 15 is 0 Å². The van der Waals surface area contributed by atoms with Crippen LogP contribution in [-0.2, 0) is 38.8 Å². The molecule has 15 nitrogen and oxygen atoms in total. The number of hydrogen-bond donors (Lipinski definition) is 0. The Kier molecular flexibility index (Phi) is 7.40. The van der Waals surface area contributed by atoms with Gasteiger partial charge >= 0.3 is 11.9 Å². The molecule has 0 saturated carbocycles. The highest BCUT2D eigenvalue weighted by atomic mass is 32.2. The number of β-lactam (4-membered cyclic amide) rings is 1. The van der Waals surface area contributed by atoms with E-state index in [1.54, 1.807) is 6.92 Å². The minimum absolute atomic E-state index is 0.0739. The van der Waals surface area contributed by atoms with Crippen LogP contribution < -0.4 is 0 Å². The molecule has 2 aliphatic rings. The molecular weight excluding hydrogens is 560 g/mol. The highest BCUT2D eigenvalue weighted by Crippen LogP contribution is 2.52. The number of ether oxygens (including phenoxy) is 2. The summed E-state index contributed by atoms with van der Waals surface area (Å²) in [6.07, 6.45) is 1.66. The van der Waals surface area contributed by atoms with Crippen molar-refractivity contribution in [3.63, 3.8) is 0 Å². The maximum absolute atomic E-state index is 13.2. The minimum Gasteiger partial charge on any atom is -0.459 e. The molecule has 0 radical (unpaired) electrons. The first-order chi connectivity index (χ1) is 19.5. The van der Waals surface area contributed by atoms with Crippen molar-refractivity contribution < 1.29 is 33.7 Å². The third-order valence-corrected chi connectivity index (χ3v) is 8.26. The molecular formula is C25H22N6O9S. The molecule has 5 rings (SSSR count). The lowest BCUT2D eigenvalue weighted by atomic mass is 9.96. The van der Waals surface area contributed by atoms with Crippen LogP contribution in [0.5, 0.6) is 0 Å². The normalized spacial score (nSPS) is 21.1. The summed E-state index contributed by atoms with van der Waals surface area (Å²) >= 11 is 1.43. The predicted molar refractivity (Wildman–Crippen MR) is 140 cm³/mol. The quantitative estimate of drug-likeness (QED) is 0.147. The summed E-state index contributed by atoms with van der Waals surface area (Å²) in [5.74, 6) is -1.56. The fourth-order valence-corrected chi connectivity index (χ4v) is 6.39. The van der Waals surface area contributed by atoms with E-state index in [4.69, 9.17) is 9.47 Å². The summed E-state index contributed by atoms with van der Waals surface area (Å²) < 4.78 is 11.3. The van der Waals surface area contributed by atoms with Crippen LogP contribution in [0.3, 0.4) is 0 Å². The van der Waals surface area contributed by atoms with Crippen molar-refractivity contribution in [3.8, 4) is 0 Å². The van der Waals surface area contributed by atoms with E-state index in [0.717, 1.165) is 0 Å². The van der Waals surface area contributed by atoms with Gasteiger partial charge < -0.3 is 14.4 Å². The standard InChI is InChI=1S/C25H22N6O9S/c1-25(14-28-11-19(26-27-28)23(33)39-12-15-2-6-17(7-3-15)30(35)36)22(29-20(32)10-21(29)41-25)24(34)40-13-16-4-8-18(9-5-16)31(37)38/h2-9,11,21-22H,10,12-14H2,1H3. The first-order valence-corrected chi connectivity index (χ1v) is 13.1. The zero-order valence-corrected chi connectivity index (χ0v) is 22.3. The average molecular weight is 583 g/mol. The molecule has 2 aromatic carbocycles. The molecule has 3 aromatic rings. The molecule has 3 heterocycles. The van der Waals surface area contributed by atoms with E-state index in [0.29, 0.717) is 11.1 Å². The van der Waals surface area contributed by atoms with Crippen LogP contribution in [0, 0.1) is 20.2 Å². The Morgan fingerprint density at radius 2 is 1.56 bits per heavy atom. The van der Waals surface area contributed by atoms with Crippen molar-refractivity contribution in [1.82, 2.24) is 19.9 Å². The maximum atomic E-state index is 13.2. The van der Waals surface area contributed by atoms with Gasteiger partial charge in [-0.25, -0.2) is 9.59 Å². The molecule has 41 heavy (non-hydrogen) atoms. The number of fused-ring (bicyclic) bond motifs is 1. The Balaban J connectivity index is 1.23. The fourth-order valence-electron chi connectivity index (χ4n) is 4.64. The van der Waals surface area contributed by atoms with Gasteiger partial charge in [0, 0.05) is 24.3 Å². The van der Waals surface area contributed by atoms with Crippen molar-refractivity contribution >= 4 is 41.0 Å². The number of carbonyl (C=O) groups is 3. The van der Waals surface area contributed by atoms with Crippen molar-refractivity contribution in [1.29, 1.82) is 0 Å². The second kappa shape index (κ2) is 11.0. The molecule has 212 valence electrons. The number of benzene rings is 2. The molecule has 2 aliphatic heterocycles. The van der Waals surface area contributed by atoms with Crippen molar-refractivity contribution in [2.24, 2.45) is 0 Å². The average Bonchev–Trinajstić information content (AvgIpc) is 3.50. The van der Waals surface area contributed by atoms with E-state index in [-0.39, 0.29) is 54.5 Å². The summed E-state index contributed by atoms with van der Waals surface area (Å²) in [5.41, 5.74) is 0.860. The number of amides is 1. The third kappa shape index (κ3) is 5.72. The van der Waals surface area contributed by atoms with Gasteiger partial charge in [0.1, 0.15) is 19.3 Å². The van der Waals surface area contributed by atoms with Crippen LogP contribution in [0.15, 0.2) is 54.7 Å². The summed E-state index contributed by atoms with van der Waals surface area (Å²) in [4.78, 5) is 60.2. The summed E-state index contributed by atoms with van der Waals surface area (Å²) in [6, 6.07) is 10.2. The topological polar surface area (TPSA) is 190 Å². The van der Waals surface area contributed by atoms with E-state index < -0.39 is 32.6 Å². The van der Waals surface area contributed by atoms with Crippen LogP contribution in [-0.4, -0.2) is 63.7 Å². The van der Waals surface area contributed by atoms with Crippen molar-refractivity contribution in [2.75, 3.05) is 0 Å². The molecule has 2 saturated heterocycles. The van der Waals surface area contributed by atoms with Crippen LogP contribution in [0.4, 0.5) is 11.4 Å². The van der Waals surface area contributed by atoms with Crippen LogP contribution in [0.1, 0.15) is 35.0 Å². The minimum atomic E-state index is -0.932. The number of carbonyl (C=O) groups excluding carboxylic acids is 3. The molecule has 0 bridgehead atoms. The fraction of sp³-hybridized carbons (Fsp3) is 0.320. The van der Waals surface area contributed by atoms with Crippen molar-refractivity contribution in [2.45, 2.75) is 49.3 Å².